The van der Waals surface area contributed by atoms with Crippen LogP contribution in [0.1, 0.15) is 30.9 Å². The zero-order chi connectivity index (χ0) is 16.4. The lowest BCUT2D eigenvalue weighted by Gasteiger charge is -2.15. The molecule has 0 atom stereocenters. The Kier molecular flexibility index (Phi) is 4.54. The first-order valence-electron chi connectivity index (χ1n) is 7.96. The van der Waals surface area contributed by atoms with Crippen molar-refractivity contribution in [3.8, 4) is 0 Å². The summed E-state index contributed by atoms with van der Waals surface area (Å²) in [5.41, 5.74) is 1.85. The lowest BCUT2D eigenvalue weighted by atomic mass is 9.94. The monoisotopic (exact) mass is 328 g/mol. The summed E-state index contributed by atoms with van der Waals surface area (Å²) in [4.78, 5) is 19.0. The van der Waals surface area contributed by atoms with Crippen LogP contribution < -0.4 is 0 Å². The van der Waals surface area contributed by atoms with Gasteiger partial charge in [0.25, 0.3) is 0 Å². The Balaban J connectivity index is 2.25. The molecule has 0 amide bonds. The summed E-state index contributed by atoms with van der Waals surface area (Å²) in [6.07, 6.45) is 2.74. The van der Waals surface area contributed by atoms with Gasteiger partial charge in [0.05, 0.1) is 6.16 Å². The number of hydrogen-bond donors (Lipinski definition) is 2. The van der Waals surface area contributed by atoms with Gasteiger partial charge in [0, 0.05) is 0 Å². The summed E-state index contributed by atoms with van der Waals surface area (Å²) in [5, 5.41) is 4.23. The fourth-order valence-electron chi connectivity index (χ4n) is 3.12. The number of hydrogen-bond acceptors (Lipinski definition) is 1. The van der Waals surface area contributed by atoms with Crippen LogP contribution >= 0.6 is 7.60 Å². The van der Waals surface area contributed by atoms with Crippen LogP contribution in [0.5, 0.6) is 0 Å². The normalized spacial score (nSPS) is 12.1. The molecule has 4 heteroatoms. The molecule has 3 aromatic rings. The molecule has 120 valence electrons. The Hall–Kier alpha value is -1.67. The maximum Gasteiger partial charge on any atom is 0.329 e. The highest BCUT2D eigenvalue weighted by Crippen LogP contribution is 2.42. The maximum absolute atomic E-state index is 11.6. The predicted octanol–water partition coefficient (Wildman–Crippen LogP) is 5.01. The summed E-state index contributed by atoms with van der Waals surface area (Å²) in [6, 6.07) is 16.3. The van der Waals surface area contributed by atoms with Gasteiger partial charge in [0.1, 0.15) is 0 Å². The molecule has 3 rings (SSSR count). The van der Waals surface area contributed by atoms with Crippen LogP contribution in [0.25, 0.3) is 21.5 Å². The van der Waals surface area contributed by atoms with Crippen molar-refractivity contribution < 1.29 is 14.4 Å². The van der Waals surface area contributed by atoms with Crippen LogP contribution in [0.2, 0.25) is 0 Å². The average Bonchev–Trinajstić information content (AvgIpc) is 2.51. The molecule has 0 saturated carbocycles. The van der Waals surface area contributed by atoms with Gasteiger partial charge in [-0.15, -0.1) is 0 Å². The molecular weight excluding hydrogens is 307 g/mol. The van der Waals surface area contributed by atoms with Crippen LogP contribution in [0.4, 0.5) is 0 Å². The molecular formula is C19H21O3P. The van der Waals surface area contributed by atoms with Gasteiger partial charge in [-0.1, -0.05) is 49.7 Å². The topological polar surface area (TPSA) is 57.5 Å². The summed E-state index contributed by atoms with van der Waals surface area (Å²) in [7, 11) is -4.11. The van der Waals surface area contributed by atoms with E-state index in [0.29, 0.717) is 0 Å². The number of aryl methyl sites for hydroxylation is 1. The van der Waals surface area contributed by atoms with E-state index in [9.17, 15) is 14.4 Å². The van der Waals surface area contributed by atoms with E-state index in [2.05, 4.69) is 31.2 Å². The quantitative estimate of drug-likeness (QED) is 0.511. The van der Waals surface area contributed by atoms with Gasteiger partial charge < -0.3 is 9.79 Å². The SMILES string of the molecule is CCCCc1ccc2cc3ccccc3cc2c1CP(=O)(O)O. The lowest BCUT2D eigenvalue weighted by molar-refractivity contribution is 0.371. The molecule has 0 saturated heterocycles. The maximum atomic E-state index is 11.6. The zero-order valence-electron chi connectivity index (χ0n) is 13.2. The number of unbranched alkanes of at least 4 members (excludes halogenated alkanes) is 1. The van der Waals surface area contributed by atoms with Crippen molar-refractivity contribution in [2.75, 3.05) is 0 Å². The standard InChI is InChI=1S/C19H21O3P/c1-2-3-6-14-9-10-17-11-15-7-4-5-8-16(15)12-18(17)19(14)13-23(20,21)22/h4-5,7-12H,2-3,6,13H2,1H3,(H2,20,21,22). The first-order valence-corrected chi connectivity index (χ1v) is 9.75. The van der Waals surface area contributed by atoms with E-state index < -0.39 is 7.60 Å². The summed E-state index contributed by atoms with van der Waals surface area (Å²) in [5.74, 6) is 0. The van der Waals surface area contributed by atoms with Crippen molar-refractivity contribution in [2.45, 2.75) is 32.3 Å². The van der Waals surface area contributed by atoms with E-state index in [1.807, 2.05) is 24.3 Å². The van der Waals surface area contributed by atoms with Crippen molar-refractivity contribution in [3.05, 3.63) is 59.7 Å². The highest BCUT2D eigenvalue weighted by molar-refractivity contribution is 7.50. The van der Waals surface area contributed by atoms with Gasteiger partial charge in [-0.05, 0) is 57.6 Å². The van der Waals surface area contributed by atoms with Gasteiger partial charge in [-0.25, -0.2) is 0 Å². The number of benzene rings is 3. The highest BCUT2D eigenvalue weighted by atomic mass is 31.2. The van der Waals surface area contributed by atoms with Crippen molar-refractivity contribution in [1.82, 2.24) is 0 Å². The first kappa shape index (κ1) is 16.2. The first-order chi connectivity index (χ1) is 11.0. The van der Waals surface area contributed by atoms with Crippen molar-refractivity contribution in [2.24, 2.45) is 0 Å². The Bertz CT molecular complexity index is 896. The van der Waals surface area contributed by atoms with E-state index in [1.54, 1.807) is 0 Å². The minimum Gasteiger partial charge on any atom is -0.324 e. The Morgan fingerprint density at radius 2 is 1.65 bits per heavy atom. The van der Waals surface area contributed by atoms with E-state index in [4.69, 9.17) is 0 Å². The molecule has 0 fully saturated rings. The Labute approximate surface area is 136 Å². The summed E-state index contributed by atoms with van der Waals surface area (Å²) < 4.78 is 11.6. The minimum absolute atomic E-state index is 0.193. The van der Waals surface area contributed by atoms with Gasteiger partial charge in [-0.2, -0.15) is 0 Å². The van der Waals surface area contributed by atoms with Crippen LogP contribution in [0.3, 0.4) is 0 Å². The van der Waals surface area contributed by atoms with E-state index >= 15 is 0 Å². The second-order valence-corrected chi connectivity index (χ2v) is 7.70. The molecule has 0 unspecified atom stereocenters. The van der Waals surface area contributed by atoms with Crippen LogP contribution in [-0.2, 0) is 17.1 Å². The van der Waals surface area contributed by atoms with Crippen LogP contribution in [0.15, 0.2) is 48.5 Å². The van der Waals surface area contributed by atoms with Gasteiger partial charge in [0.2, 0.25) is 0 Å². The molecule has 0 aromatic heterocycles. The molecule has 0 spiro atoms. The fraction of sp³-hybridized carbons (Fsp3) is 0.263. The molecule has 0 aliphatic heterocycles. The van der Waals surface area contributed by atoms with E-state index in [-0.39, 0.29) is 6.16 Å². The van der Waals surface area contributed by atoms with Crippen molar-refractivity contribution in [1.29, 1.82) is 0 Å². The summed E-state index contributed by atoms with van der Waals surface area (Å²) >= 11 is 0. The number of rotatable bonds is 5. The molecule has 0 aliphatic carbocycles. The smallest absolute Gasteiger partial charge is 0.324 e. The third-order valence-electron chi connectivity index (χ3n) is 4.26. The third kappa shape index (κ3) is 3.64. The largest absolute Gasteiger partial charge is 0.329 e. The minimum atomic E-state index is -4.11. The summed E-state index contributed by atoms with van der Waals surface area (Å²) in [6.45, 7) is 2.12. The van der Waals surface area contributed by atoms with Crippen molar-refractivity contribution >= 4 is 29.1 Å². The molecule has 0 heterocycles. The third-order valence-corrected chi connectivity index (χ3v) is 4.99. The number of fused-ring (bicyclic) bond motifs is 2. The molecule has 23 heavy (non-hydrogen) atoms. The Morgan fingerprint density at radius 3 is 2.30 bits per heavy atom. The van der Waals surface area contributed by atoms with E-state index in [0.717, 1.165) is 51.9 Å². The molecule has 2 N–H and O–H groups in total. The molecule has 0 bridgehead atoms. The van der Waals surface area contributed by atoms with Crippen LogP contribution in [-0.4, -0.2) is 9.79 Å². The molecule has 3 aromatic carbocycles. The van der Waals surface area contributed by atoms with Gasteiger partial charge >= 0.3 is 7.60 Å². The zero-order valence-corrected chi connectivity index (χ0v) is 14.1. The molecule has 3 nitrogen and oxygen atoms in total. The van der Waals surface area contributed by atoms with E-state index in [1.165, 1.54) is 0 Å². The van der Waals surface area contributed by atoms with Crippen LogP contribution in [0, 0.1) is 0 Å². The Morgan fingerprint density at radius 1 is 0.957 bits per heavy atom. The molecule has 0 radical (unpaired) electrons. The second kappa shape index (κ2) is 6.45. The lowest BCUT2D eigenvalue weighted by Crippen LogP contribution is -1.97. The second-order valence-electron chi connectivity index (χ2n) is 6.05. The predicted molar refractivity (Wildman–Crippen MR) is 95.8 cm³/mol. The highest BCUT2D eigenvalue weighted by Gasteiger charge is 2.19. The molecule has 0 aliphatic rings. The van der Waals surface area contributed by atoms with Crippen molar-refractivity contribution in [3.63, 3.8) is 0 Å². The van der Waals surface area contributed by atoms with Gasteiger partial charge in [0.15, 0.2) is 0 Å². The fourth-order valence-corrected chi connectivity index (χ4v) is 3.90. The average molecular weight is 328 g/mol. The van der Waals surface area contributed by atoms with Gasteiger partial charge in [-0.3, -0.25) is 4.57 Å².